The van der Waals surface area contributed by atoms with E-state index in [1.165, 1.54) is 12.1 Å². The molecule has 1 heterocycles. The van der Waals surface area contributed by atoms with E-state index >= 15 is 0 Å². The number of allylic oxidation sites excluding steroid dienone is 5. The number of nitrogens with one attached hydrogen (secondary N) is 2. The number of aromatic nitrogens is 2. The van der Waals surface area contributed by atoms with Crippen molar-refractivity contribution < 1.29 is 13.9 Å². The Kier molecular flexibility index (Phi) is 20.2. The minimum atomic E-state index is -0.622. The molecule has 0 radical (unpaired) electrons. The lowest BCUT2D eigenvalue weighted by atomic mass is 10.0. The van der Waals surface area contributed by atoms with Gasteiger partial charge < -0.3 is 21.2 Å². The van der Waals surface area contributed by atoms with E-state index in [9.17, 15) is 9.18 Å². The van der Waals surface area contributed by atoms with E-state index in [2.05, 4.69) is 30.6 Å². The molecule has 7 nitrogen and oxygen atoms in total. The Labute approximate surface area is 210 Å². The molecule has 0 aliphatic heterocycles. The molecule has 35 heavy (non-hydrogen) atoms. The van der Waals surface area contributed by atoms with Crippen LogP contribution in [0.2, 0.25) is 0 Å². The van der Waals surface area contributed by atoms with Crippen molar-refractivity contribution in [1.29, 1.82) is 5.41 Å². The third-order valence-corrected chi connectivity index (χ3v) is 4.17. The Bertz CT molecular complexity index is 903. The van der Waals surface area contributed by atoms with Gasteiger partial charge in [0.15, 0.2) is 0 Å². The first-order valence-corrected chi connectivity index (χ1v) is 11.6. The molecule has 0 saturated carbocycles. The summed E-state index contributed by atoms with van der Waals surface area (Å²) in [6.07, 6.45) is 11.3. The summed E-state index contributed by atoms with van der Waals surface area (Å²) in [6, 6.07) is 5.08. The predicted molar refractivity (Wildman–Crippen MR) is 146 cm³/mol. The van der Waals surface area contributed by atoms with Crippen molar-refractivity contribution in [1.82, 2.24) is 15.1 Å². The third kappa shape index (κ3) is 13.1. The standard InChI is InChI=1S/C20H23FN4O.C4H10O.C2H6.CH3N/c1-4-6-8-17(7-5-2)25-13-18(14(3)23-20(22)26)19(24-25)15-9-11-16(21)12-10-15;1-3-4-5-2;2*1-2/h5-14H,2,4H2,1,3H3,(H3,22,23,26);3-4H2,1-2H3;1-2H3;2H,1H2/b8-6-,17-7+;;;. The molecule has 0 aliphatic carbocycles. The van der Waals surface area contributed by atoms with E-state index in [0.29, 0.717) is 5.69 Å². The summed E-state index contributed by atoms with van der Waals surface area (Å²) < 4.78 is 19.7. The molecule has 1 aromatic heterocycles. The van der Waals surface area contributed by atoms with Gasteiger partial charge in [0.05, 0.1) is 17.4 Å². The van der Waals surface area contributed by atoms with E-state index in [0.717, 1.165) is 36.3 Å². The monoisotopic (exact) mass is 487 g/mol. The molecular weight excluding hydrogens is 445 g/mol. The van der Waals surface area contributed by atoms with Crippen LogP contribution >= 0.6 is 0 Å². The average molecular weight is 488 g/mol. The number of amides is 2. The lowest BCUT2D eigenvalue weighted by molar-refractivity contribution is 0.199. The highest BCUT2D eigenvalue weighted by Crippen LogP contribution is 2.28. The smallest absolute Gasteiger partial charge is 0.312 e. The highest BCUT2D eigenvalue weighted by Gasteiger charge is 2.18. The first-order chi connectivity index (χ1) is 16.9. The topological polar surface area (TPSA) is 106 Å². The zero-order chi connectivity index (χ0) is 27.2. The number of halogens is 1. The van der Waals surface area contributed by atoms with Crippen LogP contribution in [0.25, 0.3) is 17.0 Å². The van der Waals surface area contributed by atoms with Gasteiger partial charge >= 0.3 is 6.03 Å². The second-order valence-electron chi connectivity index (χ2n) is 6.75. The molecule has 1 unspecified atom stereocenters. The van der Waals surface area contributed by atoms with Crippen LogP contribution in [0.5, 0.6) is 0 Å². The van der Waals surface area contributed by atoms with Gasteiger partial charge in [-0.3, -0.25) is 0 Å². The van der Waals surface area contributed by atoms with Crippen molar-refractivity contribution in [2.75, 3.05) is 13.7 Å². The summed E-state index contributed by atoms with van der Waals surface area (Å²) >= 11 is 0. The van der Waals surface area contributed by atoms with Gasteiger partial charge in [-0.05, 0) is 62.9 Å². The highest BCUT2D eigenvalue weighted by atomic mass is 19.1. The number of ether oxygens (including phenoxy) is 1. The quantitative estimate of drug-likeness (QED) is 0.269. The molecule has 2 rings (SSSR count). The summed E-state index contributed by atoms with van der Waals surface area (Å²) in [4.78, 5) is 11.3. The number of nitrogens with zero attached hydrogens (tertiary/aromatic N) is 2. The van der Waals surface area contributed by atoms with Crippen LogP contribution in [0.4, 0.5) is 9.18 Å². The number of carbonyl (C=O) groups is 1. The molecule has 0 spiro atoms. The Hall–Kier alpha value is -3.52. The van der Waals surface area contributed by atoms with Crippen LogP contribution in [0.1, 0.15) is 59.1 Å². The fourth-order valence-electron chi connectivity index (χ4n) is 2.73. The maximum absolute atomic E-state index is 13.3. The van der Waals surface area contributed by atoms with Gasteiger partial charge in [-0.15, -0.1) is 0 Å². The SMILES string of the molecule is C=C/C=C(\C=C/CC)n1cc(C(C)NC(N)=O)c(-c2ccc(F)cc2)n1.C=N.CC.CCCOC. The molecule has 8 heteroatoms. The molecule has 0 bridgehead atoms. The van der Waals surface area contributed by atoms with E-state index in [-0.39, 0.29) is 11.9 Å². The van der Waals surface area contributed by atoms with Gasteiger partial charge in [-0.2, -0.15) is 5.10 Å². The third-order valence-electron chi connectivity index (χ3n) is 4.17. The summed E-state index contributed by atoms with van der Waals surface area (Å²) in [5.41, 5.74) is 8.24. The van der Waals surface area contributed by atoms with Crippen LogP contribution in [0, 0.1) is 11.2 Å². The number of hydrogen-bond donors (Lipinski definition) is 3. The van der Waals surface area contributed by atoms with Crippen LogP contribution in [-0.4, -0.2) is 36.2 Å². The molecule has 2 amide bonds. The van der Waals surface area contributed by atoms with Crippen molar-refractivity contribution in [2.45, 2.75) is 53.5 Å². The molecule has 1 atom stereocenters. The van der Waals surface area contributed by atoms with Gasteiger partial charge in [0.1, 0.15) is 5.82 Å². The highest BCUT2D eigenvalue weighted by molar-refractivity contribution is 5.73. The zero-order valence-corrected chi connectivity index (χ0v) is 22.0. The van der Waals surface area contributed by atoms with Crippen molar-refractivity contribution >= 4 is 18.4 Å². The molecule has 0 saturated heterocycles. The summed E-state index contributed by atoms with van der Waals surface area (Å²) in [5.74, 6) is -0.323. The summed E-state index contributed by atoms with van der Waals surface area (Å²) in [7, 11) is 1.71. The second kappa shape index (κ2) is 21.0. The molecule has 1 aromatic carbocycles. The lowest BCUT2D eigenvalue weighted by Crippen LogP contribution is -2.31. The number of benzene rings is 1. The van der Waals surface area contributed by atoms with E-state index in [1.807, 2.05) is 52.1 Å². The van der Waals surface area contributed by atoms with Gasteiger partial charge in [0, 0.05) is 31.0 Å². The Morgan fingerprint density at radius 3 is 2.31 bits per heavy atom. The lowest BCUT2D eigenvalue weighted by Gasteiger charge is -2.12. The maximum atomic E-state index is 13.3. The zero-order valence-electron chi connectivity index (χ0n) is 22.0. The normalized spacial score (nSPS) is 11.1. The van der Waals surface area contributed by atoms with Crippen molar-refractivity contribution in [3.05, 3.63) is 72.7 Å². The van der Waals surface area contributed by atoms with Gasteiger partial charge in [-0.1, -0.05) is 46.4 Å². The van der Waals surface area contributed by atoms with Crippen molar-refractivity contribution in [2.24, 2.45) is 5.73 Å². The predicted octanol–water partition coefficient (Wildman–Crippen LogP) is 6.75. The van der Waals surface area contributed by atoms with Crippen LogP contribution in [0.3, 0.4) is 0 Å². The van der Waals surface area contributed by atoms with Gasteiger partial charge in [0.25, 0.3) is 0 Å². The molecule has 2 aromatic rings. The number of methoxy groups -OCH3 is 1. The minimum absolute atomic E-state index is 0.323. The fraction of sp³-hybridized carbons (Fsp3) is 0.370. The van der Waals surface area contributed by atoms with Crippen LogP contribution < -0.4 is 11.1 Å². The molecule has 4 N–H and O–H groups in total. The summed E-state index contributed by atoms with van der Waals surface area (Å²) in [6.45, 7) is 17.1. The van der Waals surface area contributed by atoms with Gasteiger partial charge in [0.2, 0.25) is 0 Å². The number of primary amides is 1. The van der Waals surface area contributed by atoms with E-state index in [4.69, 9.17) is 15.9 Å². The van der Waals surface area contributed by atoms with E-state index < -0.39 is 6.03 Å². The number of nitrogens with two attached hydrogens (primary N) is 1. The molecule has 0 fully saturated rings. The number of hydrogen-bond acceptors (Lipinski definition) is 4. The number of urea groups is 1. The molecular formula is C27H42FN5O2. The van der Waals surface area contributed by atoms with E-state index in [1.54, 1.807) is 30.0 Å². The van der Waals surface area contributed by atoms with Gasteiger partial charge in [-0.25, -0.2) is 13.9 Å². The van der Waals surface area contributed by atoms with Crippen LogP contribution in [-0.2, 0) is 4.74 Å². The fourth-order valence-corrected chi connectivity index (χ4v) is 2.73. The first-order valence-electron chi connectivity index (χ1n) is 11.6. The second-order valence-corrected chi connectivity index (χ2v) is 6.75. The largest absolute Gasteiger partial charge is 0.385 e. The van der Waals surface area contributed by atoms with Crippen molar-refractivity contribution in [3.63, 3.8) is 0 Å². The Balaban J connectivity index is 0. The van der Waals surface area contributed by atoms with Crippen LogP contribution in [0.15, 0.2) is 61.3 Å². The number of rotatable bonds is 9. The Morgan fingerprint density at radius 1 is 1.29 bits per heavy atom. The minimum Gasteiger partial charge on any atom is -0.385 e. The van der Waals surface area contributed by atoms with Crippen molar-refractivity contribution in [3.8, 4) is 11.3 Å². The maximum Gasteiger partial charge on any atom is 0.312 e. The number of carbonyl (C=O) groups excluding carboxylic acids is 1. The average Bonchev–Trinajstić information content (AvgIpc) is 3.31. The first kappa shape index (κ1) is 33.7. The Morgan fingerprint density at radius 2 is 1.89 bits per heavy atom. The summed E-state index contributed by atoms with van der Waals surface area (Å²) in [5, 5.41) is 12.8. The molecule has 0 aliphatic rings. The molecule has 194 valence electrons.